The highest BCUT2D eigenvalue weighted by molar-refractivity contribution is 5.77. The number of rotatable bonds is 8. The lowest BCUT2D eigenvalue weighted by Gasteiger charge is -2.24. The number of likely N-dealkylation sites (N-methyl/N-ethyl adjacent to an activating group) is 1. The van der Waals surface area contributed by atoms with Crippen molar-refractivity contribution in [1.82, 2.24) is 14.7 Å². The van der Waals surface area contributed by atoms with Gasteiger partial charge in [0.15, 0.2) is 0 Å². The molecule has 6 nitrogen and oxygen atoms in total. The van der Waals surface area contributed by atoms with Gasteiger partial charge in [-0.05, 0) is 39.8 Å². The lowest BCUT2D eigenvalue weighted by Crippen LogP contribution is -2.39. The van der Waals surface area contributed by atoms with Crippen LogP contribution >= 0.6 is 0 Å². The summed E-state index contributed by atoms with van der Waals surface area (Å²) in [5.74, 6) is 0.152. The first kappa shape index (κ1) is 19.4. The lowest BCUT2D eigenvalue weighted by molar-refractivity contribution is -0.129. The average molecular weight is 315 g/mol. The topological polar surface area (TPSA) is 56.3 Å². The highest BCUT2D eigenvalue weighted by atomic mass is 16.5. The van der Waals surface area contributed by atoms with E-state index in [0.717, 1.165) is 32.6 Å². The quantitative estimate of drug-likeness (QED) is 0.696. The molecule has 0 saturated carbocycles. The summed E-state index contributed by atoms with van der Waals surface area (Å²) in [7, 11) is 3.59. The maximum absolute atomic E-state index is 11.8. The minimum absolute atomic E-state index is 0.152. The molecule has 1 aliphatic rings. The third-order valence-corrected chi connectivity index (χ3v) is 3.91. The molecular formula is C16H33N3O3. The Balaban J connectivity index is 2.26. The molecule has 1 amide bonds. The molecule has 6 heteroatoms. The maximum atomic E-state index is 11.8. The van der Waals surface area contributed by atoms with Crippen molar-refractivity contribution >= 4 is 5.91 Å². The van der Waals surface area contributed by atoms with E-state index >= 15 is 0 Å². The second kappa shape index (κ2) is 10.2. The van der Waals surface area contributed by atoms with E-state index in [0.29, 0.717) is 26.1 Å². The van der Waals surface area contributed by atoms with Crippen LogP contribution in [0.5, 0.6) is 0 Å². The highest BCUT2D eigenvalue weighted by Gasteiger charge is 2.19. The molecule has 1 aliphatic heterocycles. The van der Waals surface area contributed by atoms with Crippen molar-refractivity contribution < 1.29 is 14.6 Å². The molecule has 1 heterocycles. The van der Waals surface area contributed by atoms with Crippen LogP contribution in [-0.2, 0) is 9.53 Å². The number of amides is 1. The summed E-state index contributed by atoms with van der Waals surface area (Å²) in [5, 5.41) is 10.1. The van der Waals surface area contributed by atoms with E-state index in [9.17, 15) is 9.90 Å². The molecule has 1 N–H and O–H groups in total. The molecule has 1 fully saturated rings. The van der Waals surface area contributed by atoms with Gasteiger partial charge in [-0.15, -0.1) is 0 Å². The van der Waals surface area contributed by atoms with Crippen molar-refractivity contribution in [2.24, 2.45) is 0 Å². The van der Waals surface area contributed by atoms with Crippen LogP contribution in [0.1, 0.15) is 26.7 Å². The largest absolute Gasteiger partial charge is 0.392 e. The lowest BCUT2D eigenvalue weighted by atomic mass is 10.2. The molecule has 0 bridgehead atoms. The second-order valence-corrected chi connectivity index (χ2v) is 6.58. The summed E-state index contributed by atoms with van der Waals surface area (Å²) in [6, 6.07) is 0. The first-order valence-electron chi connectivity index (χ1n) is 8.33. The van der Waals surface area contributed by atoms with E-state index in [1.807, 2.05) is 13.8 Å². The SMILES string of the molecule is CC(C)OCC[C@H](O)CN1CCCN(CC(=O)N(C)C)CC1. The van der Waals surface area contributed by atoms with E-state index < -0.39 is 0 Å². The molecule has 0 spiro atoms. The highest BCUT2D eigenvalue weighted by Crippen LogP contribution is 2.06. The van der Waals surface area contributed by atoms with Gasteiger partial charge in [-0.1, -0.05) is 0 Å². The molecule has 0 aliphatic carbocycles. The van der Waals surface area contributed by atoms with Crippen molar-refractivity contribution in [3.8, 4) is 0 Å². The predicted octanol–water partition coefficient (Wildman–Crippen LogP) is 0.258. The zero-order valence-corrected chi connectivity index (χ0v) is 14.6. The van der Waals surface area contributed by atoms with Crippen LogP contribution in [0, 0.1) is 0 Å². The summed E-state index contributed by atoms with van der Waals surface area (Å²) < 4.78 is 5.48. The van der Waals surface area contributed by atoms with Gasteiger partial charge in [0.05, 0.1) is 18.8 Å². The molecule has 0 aromatic carbocycles. The summed E-state index contributed by atoms with van der Waals surface area (Å²) >= 11 is 0. The summed E-state index contributed by atoms with van der Waals surface area (Å²) in [5.41, 5.74) is 0. The number of ether oxygens (including phenoxy) is 1. The van der Waals surface area contributed by atoms with Gasteiger partial charge in [-0.2, -0.15) is 0 Å². The first-order valence-corrected chi connectivity index (χ1v) is 8.33. The first-order chi connectivity index (χ1) is 10.4. The van der Waals surface area contributed by atoms with Crippen LogP contribution in [0.15, 0.2) is 0 Å². The van der Waals surface area contributed by atoms with E-state index in [2.05, 4.69) is 9.80 Å². The number of β-amino-alcohol motifs (C(OH)–C–C–N with tert-alkyl or cyclic N) is 1. The standard InChI is InChI=1S/C16H33N3O3/c1-14(2)22-11-6-15(20)12-18-7-5-8-19(10-9-18)13-16(21)17(3)4/h14-15,20H,5-13H2,1-4H3/t15-/m0/s1. The summed E-state index contributed by atoms with van der Waals surface area (Å²) in [6.07, 6.45) is 1.59. The van der Waals surface area contributed by atoms with Gasteiger partial charge >= 0.3 is 0 Å². The van der Waals surface area contributed by atoms with Crippen LogP contribution in [-0.4, -0.2) is 97.9 Å². The van der Waals surface area contributed by atoms with Crippen LogP contribution < -0.4 is 0 Å². The van der Waals surface area contributed by atoms with E-state index in [-0.39, 0.29) is 18.1 Å². The van der Waals surface area contributed by atoms with Crippen molar-refractivity contribution in [2.75, 3.05) is 60.0 Å². The Hall–Kier alpha value is -0.690. The van der Waals surface area contributed by atoms with Crippen molar-refractivity contribution in [2.45, 2.75) is 38.9 Å². The summed E-state index contributed by atoms with van der Waals surface area (Å²) in [6.45, 7) is 9.52. The third kappa shape index (κ3) is 8.08. The van der Waals surface area contributed by atoms with Crippen LogP contribution in [0.2, 0.25) is 0 Å². The molecule has 0 radical (unpaired) electrons. The normalized spacial score (nSPS) is 19.2. The Labute approximate surface area is 135 Å². The zero-order chi connectivity index (χ0) is 16.5. The van der Waals surface area contributed by atoms with E-state index in [1.54, 1.807) is 19.0 Å². The number of hydrogen-bond acceptors (Lipinski definition) is 5. The number of aliphatic hydroxyl groups is 1. The molecule has 0 aromatic rings. The number of nitrogens with zero attached hydrogens (tertiary/aromatic N) is 3. The van der Waals surface area contributed by atoms with Crippen LogP contribution in [0.3, 0.4) is 0 Å². The summed E-state index contributed by atoms with van der Waals surface area (Å²) in [4.78, 5) is 17.9. The fourth-order valence-corrected chi connectivity index (χ4v) is 2.53. The number of hydrogen-bond donors (Lipinski definition) is 1. The van der Waals surface area contributed by atoms with Gasteiger partial charge < -0.3 is 14.7 Å². The van der Waals surface area contributed by atoms with Crippen molar-refractivity contribution in [1.29, 1.82) is 0 Å². The van der Waals surface area contributed by atoms with Crippen LogP contribution in [0.4, 0.5) is 0 Å². The number of carbonyl (C=O) groups is 1. The third-order valence-electron chi connectivity index (χ3n) is 3.91. The van der Waals surface area contributed by atoms with E-state index in [1.165, 1.54) is 0 Å². The van der Waals surface area contributed by atoms with Gasteiger partial charge in [-0.25, -0.2) is 0 Å². The molecule has 130 valence electrons. The average Bonchev–Trinajstić information content (AvgIpc) is 2.63. The van der Waals surface area contributed by atoms with Crippen molar-refractivity contribution in [3.63, 3.8) is 0 Å². The molecule has 1 saturated heterocycles. The van der Waals surface area contributed by atoms with Crippen LogP contribution in [0.25, 0.3) is 0 Å². The maximum Gasteiger partial charge on any atom is 0.236 e. The van der Waals surface area contributed by atoms with Gasteiger partial charge in [0.25, 0.3) is 0 Å². The van der Waals surface area contributed by atoms with Gasteiger partial charge in [0, 0.05) is 40.3 Å². The molecule has 1 rings (SSSR count). The predicted molar refractivity (Wildman–Crippen MR) is 87.9 cm³/mol. The Bertz CT molecular complexity index is 324. The fourth-order valence-electron chi connectivity index (χ4n) is 2.53. The fraction of sp³-hybridized carbons (Fsp3) is 0.938. The monoisotopic (exact) mass is 315 g/mol. The second-order valence-electron chi connectivity index (χ2n) is 6.58. The van der Waals surface area contributed by atoms with Crippen molar-refractivity contribution in [3.05, 3.63) is 0 Å². The molecule has 0 unspecified atom stereocenters. The Morgan fingerprint density at radius 2 is 1.82 bits per heavy atom. The number of carbonyl (C=O) groups excluding carboxylic acids is 1. The Kier molecular flexibility index (Phi) is 8.93. The molecule has 0 aromatic heterocycles. The Morgan fingerprint density at radius 1 is 1.18 bits per heavy atom. The van der Waals surface area contributed by atoms with Gasteiger partial charge in [-0.3, -0.25) is 14.6 Å². The number of aliphatic hydroxyl groups excluding tert-OH is 1. The van der Waals surface area contributed by atoms with Gasteiger partial charge in [0.2, 0.25) is 5.91 Å². The molecular weight excluding hydrogens is 282 g/mol. The Morgan fingerprint density at radius 3 is 2.45 bits per heavy atom. The van der Waals surface area contributed by atoms with E-state index in [4.69, 9.17) is 4.74 Å². The molecule has 1 atom stereocenters. The van der Waals surface area contributed by atoms with Gasteiger partial charge in [0.1, 0.15) is 0 Å². The smallest absolute Gasteiger partial charge is 0.236 e. The molecule has 22 heavy (non-hydrogen) atoms. The zero-order valence-electron chi connectivity index (χ0n) is 14.6. The minimum atomic E-state index is -0.339. The minimum Gasteiger partial charge on any atom is -0.392 e.